The number of halogens is 1. The van der Waals surface area contributed by atoms with Crippen molar-refractivity contribution in [1.29, 1.82) is 0 Å². The highest BCUT2D eigenvalue weighted by molar-refractivity contribution is 5.81. The number of carbonyl (C=O) groups excluding carboxylic acids is 1. The quantitative estimate of drug-likeness (QED) is 0.533. The minimum absolute atomic E-state index is 0.161. The van der Waals surface area contributed by atoms with Gasteiger partial charge >= 0.3 is 5.69 Å². The van der Waals surface area contributed by atoms with E-state index in [-0.39, 0.29) is 6.54 Å². The number of imidazole rings is 1. The first kappa shape index (κ1) is 22.4. The Hall–Kier alpha value is -3.27. The number of unbranched alkanes of at least 4 members (excludes halogenated alkanes) is 1. The van der Waals surface area contributed by atoms with E-state index in [0.29, 0.717) is 35.6 Å². The Labute approximate surface area is 178 Å². The van der Waals surface area contributed by atoms with E-state index in [2.05, 4.69) is 9.97 Å². The summed E-state index contributed by atoms with van der Waals surface area (Å²) in [7, 11) is 1.67. The molecule has 0 aliphatic heterocycles. The predicted molar refractivity (Wildman–Crippen MR) is 115 cm³/mol. The summed E-state index contributed by atoms with van der Waals surface area (Å²) in [6.45, 7) is 4.91. The number of nitrogens with two attached hydrogens (primary N) is 1. The van der Waals surface area contributed by atoms with Crippen molar-refractivity contribution >= 4 is 17.1 Å². The van der Waals surface area contributed by atoms with E-state index in [1.165, 1.54) is 22.8 Å². The molecule has 0 spiro atoms. The topological polar surface area (TPSA) is 119 Å². The number of aromatic nitrogens is 4. The maximum atomic E-state index is 13.7. The molecule has 2 aromatic heterocycles. The Bertz CT molecular complexity index is 1210. The normalized spacial score (nSPS) is 12.5. The summed E-state index contributed by atoms with van der Waals surface area (Å²) in [6.07, 6.45) is 1.64. The lowest BCUT2D eigenvalue weighted by Gasteiger charge is -2.25. The van der Waals surface area contributed by atoms with Crippen molar-refractivity contribution < 1.29 is 9.18 Å². The number of aryl methyl sites for hydroxylation is 2. The van der Waals surface area contributed by atoms with Gasteiger partial charge < -0.3 is 10.3 Å². The van der Waals surface area contributed by atoms with E-state index in [0.717, 1.165) is 12.8 Å². The molecule has 0 saturated carbocycles. The van der Waals surface area contributed by atoms with Gasteiger partial charge in [-0.1, -0.05) is 25.5 Å². The fraction of sp³-hybridized carbons (Fsp3) is 0.429. The van der Waals surface area contributed by atoms with Gasteiger partial charge in [-0.15, -0.1) is 0 Å². The van der Waals surface area contributed by atoms with Gasteiger partial charge in [0.1, 0.15) is 17.7 Å². The summed E-state index contributed by atoms with van der Waals surface area (Å²) in [5, 5.41) is 0. The first-order valence-electron chi connectivity index (χ1n) is 10.3. The molecule has 0 aliphatic carbocycles. The zero-order valence-corrected chi connectivity index (χ0v) is 17.9. The Morgan fingerprint density at radius 1 is 1.29 bits per heavy atom. The Morgan fingerprint density at radius 2 is 2.03 bits per heavy atom. The van der Waals surface area contributed by atoms with Crippen LogP contribution in [0.4, 0.5) is 4.39 Å². The Balaban J connectivity index is 2.07. The van der Waals surface area contributed by atoms with Crippen LogP contribution < -0.4 is 17.0 Å². The number of primary amides is 1. The fourth-order valence-corrected chi connectivity index (χ4v) is 3.83. The van der Waals surface area contributed by atoms with Crippen molar-refractivity contribution in [3.8, 4) is 0 Å². The van der Waals surface area contributed by atoms with Gasteiger partial charge in [-0.25, -0.2) is 14.2 Å². The standard InChI is InChI=1S/C21H27FN6O3/c1-4-6-10-28-19-17(20(30)25-21(28)31)27(5-2)15(24-19)12-26(3)16(18(23)29)13-8-7-9-14(22)11-13/h7-9,11,16H,4-6,10,12H2,1-3H3,(H2,23,29)(H,25,30,31). The van der Waals surface area contributed by atoms with Crippen molar-refractivity contribution in [2.24, 2.45) is 5.73 Å². The monoisotopic (exact) mass is 430 g/mol. The zero-order chi connectivity index (χ0) is 22.7. The minimum Gasteiger partial charge on any atom is -0.368 e. The van der Waals surface area contributed by atoms with Crippen LogP contribution in [0.5, 0.6) is 0 Å². The third-order valence-electron chi connectivity index (χ3n) is 5.28. The lowest BCUT2D eigenvalue weighted by Crippen LogP contribution is -2.35. The molecule has 166 valence electrons. The van der Waals surface area contributed by atoms with Gasteiger partial charge in [0.05, 0.1) is 6.54 Å². The van der Waals surface area contributed by atoms with Gasteiger partial charge in [-0.3, -0.25) is 24.0 Å². The van der Waals surface area contributed by atoms with E-state index >= 15 is 0 Å². The molecule has 0 fully saturated rings. The van der Waals surface area contributed by atoms with Crippen molar-refractivity contribution in [2.75, 3.05) is 7.05 Å². The first-order valence-corrected chi connectivity index (χ1v) is 10.3. The molecule has 3 N–H and O–H groups in total. The fourth-order valence-electron chi connectivity index (χ4n) is 3.83. The predicted octanol–water partition coefficient (Wildman–Crippen LogP) is 1.50. The number of H-pyrrole nitrogens is 1. The summed E-state index contributed by atoms with van der Waals surface area (Å²) in [6, 6.07) is 4.82. The second kappa shape index (κ2) is 9.25. The molecule has 1 aromatic carbocycles. The number of likely N-dealkylation sites (N-methyl/N-ethyl adjacent to an activating group) is 1. The second-order valence-corrected chi connectivity index (χ2v) is 7.48. The molecule has 31 heavy (non-hydrogen) atoms. The number of nitrogens with zero attached hydrogens (tertiary/aromatic N) is 4. The maximum absolute atomic E-state index is 13.7. The average molecular weight is 430 g/mol. The van der Waals surface area contributed by atoms with Crippen molar-refractivity contribution in [3.63, 3.8) is 0 Å². The van der Waals surface area contributed by atoms with Crippen LogP contribution in [0.2, 0.25) is 0 Å². The molecule has 3 rings (SSSR count). The van der Waals surface area contributed by atoms with Gasteiger partial charge in [-0.05, 0) is 38.1 Å². The highest BCUT2D eigenvalue weighted by Crippen LogP contribution is 2.23. The summed E-state index contributed by atoms with van der Waals surface area (Å²) in [4.78, 5) is 45.7. The van der Waals surface area contributed by atoms with Crippen LogP contribution in [-0.4, -0.2) is 37.0 Å². The summed E-state index contributed by atoms with van der Waals surface area (Å²) in [5.74, 6) is -0.599. The maximum Gasteiger partial charge on any atom is 0.330 e. The number of hydrogen-bond donors (Lipinski definition) is 2. The van der Waals surface area contributed by atoms with E-state index in [4.69, 9.17) is 5.73 Å². The summed E-state index contributed by atoms with van der Waals surface area (Å²) >= 11 is 0. The second-order valence-electron chi connectivity index (χ2n) is 7.48. The van der Waals surface area contributed by atoms with Gasteiger partial charge in [0, 0.05) is 13.1 Å². The van der Waals surface area contributed by atoms with Crippen LogP contribution in [0.25, 0.3) is 11.2 Å². The molecule has 3 aromatic rings. The van der Waals surface area contributed by atoms with Crippen molar-refractivity contribution in [1.82, 2.24) is 24.0 Å². The Kier molecular flexibility index (Phi) is 6.69. The van der Waals surface area contributed by atoms with Crippen molar-refractivity contribution in [3.05, 3.63) is 62.3 Å². The third kappa shape index (κ3) is 4.43. The van der Waals surface area contributed by atoms with Gasteiger partial charge in [0.15, 0.2) is 11.2 Å². The molecular formula is C21H27FN6O3. The molecule has 0 saturated heterocycles. The molecule has 1 atom stereocenters. The molecule has 0 aliphatic rings. The largest absolute Gasteiger partial charge is 0.368 e. The van der Waals surface area contributed by atoms with E-state index in [1.54, 1.807) is 22.6 Å². The highest BCUT2D eigenvalue weighted by Gasteiger charge is 2.26. The first-order chi connectivity index (χ1) is 14.8. The van der Waals surface area contributed by atoms with E-state index in [9.17, 15) is 18.8 Å². The molecule has 9 nitrogen and oxygen atoms in total. The molecule has 2 heterocycles. The lowest BCUT2D eigenvalue weighted by molar-refractivity contribution is -0.123. The number of hydrogen-bond acceptors (Lipinski definition) is 5. The van der Waals surface area contributed by atoms with E-state index in [1.807, 2.05) is 13.8 Å². The zero-order valence-electron chi connectivity index (χ0n) is 17.9. The number of nitrogens with one attached hydrogen (secondary N) is 1. The van der Waals surface area contributed by atoms with Crippen LogP contribution in [-0.2, 0) is 24.4 Å². The number of rotatable bonds is 9. The molecule has 0 bridgehead atoms. The van der Waals surface area contributed by atoms with Crippen LogP contribution in [0.15, 0.2) is 33.9 Å². The number of carbonyl (C=O) groups is 1. The molecule has 1 unspecified atom stereocenters. The van der Waals surface area contributed by atoms with Crippen LogP contribution in [0, 0.1) is 5.82 Å². The number of amides is 1. The molecule has 10 heteroatoms. The van der Waals surface area contributed by atoms with Crippen LogP contribution >= 0.6 is 0 Å². The number of benzene rings is 1. The smallest absolute Gasteiger partial charge is 0.330 e. The number of aromatic amines is 1. The van der Waals surface area contributed by atoms with E-state index < -0.39 is 29.0 Å². The highest BCUT2D eigenvalue weighted by atomic mass is 19.1. The van der Waals surface area contributed by atoms with Gasteiger partial charge in [0.2, 0.25) is 5.91 Å². The minimum atomic E-state index is -0.888. The Morgan fingerprint density at radius 3 is 2.65 bits per heavy atom. The van der Waals surface area contributed by atoms with Crippen LogP contribution in [0.3, 0.4) is 0 Å². The third-order valence-corrected chi connectivity index (χ3v) is 5.28. The number of fused-ring (bicyclic) bond motifs is 1. The van der Waals surface area contributed by atoms with Crippen LogP contribution in [0.1, 0.15) is 44.1 Å². The van der Waals surface area contributed by atoms with Gasteiger partial charge in [0.25, 0.3) is 5.56 Å². The molecular weight excluding hydrogens is 403 g/mol. The SMILES string of the molecule is CCCCn1c(=O)[nH]c(=O)c2c1nc(CN(C)C(C(N)=O)c1cccc(F)c1)n2CC. The summed E-state index contributed by atoms with van der Waals surface area (Å²) in [5.41, 5.74) is 5.65. The average Bonchev–Trinajstić information content (AvgIpc) is 3.06. The molecule has 1 amide bonds. The van der Waals surface area contributed by atoms with Crippen molar-refractivity contribution in [2.45, 2.75) is 52.4 Å². The molecule has 0 radical (unpaired) electrons. The van der Waals surface area contributed by atoms with Gasteiger partial charge in [-0.2, -0.15) is 0 Å². The summed E-state index contributed by atoms with van der Waals surface area (Å²) < 4.78 is 16.9. The lowest BCUT2D eigenvalue weighted by atomic mass is 10.0.